The topological polar surface area (TPSA) is 118 Å². The van der Waals surface area contributed by atoms with E-state index in [2.05, 4.69) is 11.2 Å². The predicted octanol–water partition coefficient (Wildman–Crippen LogP) is 3.15. The van der Waals surface area contributed by atoms with Gasteiger partial charge in [0, 0.05) is 36.1 Å². The Labute approximate surface area is 172 Å². The highest BCUT2D eigenvalue weighted by molar-refractivity contribution is 6.14. The van der Waals surface area contributed by atoms with Crippen molar-refractivity contribution in [1.82, 2.24) is 5.01 Å². The highest BCUT2D eigenvalue weighted by Gasteiger charge is 2.40. The second kappa shape index (κ2) is 7.15. The Morgan fingerprint density at radius 1 is 1.30 bits per heavy atom. The Hall–Kier alpha value is -3.93. The van der Waals surface area contributed by atoms with Crippen molar-refractivity contribution in [3.8, 4) is 17.6 Å². The van der Waals surface area contributed by atoms with Gasteiger partial charge < -0.3 is 9.47 Å². The molecule has 2 heterocycles. The fourth-order valence-electron chi connectivity index (χ4n) is 3.58. The number of non-ortho nitro benzene ring substituents is 1. The summed E-state index contributed by atoms with van der Waals surface area (Å²) in [6, 6.07) is 11.7. The summed E-state index contributed by atoms with van der Waals surface area (Å²) in [6.45, 7) is 3.46. The molecular formula is C21H18N4O5. The van der Waals surface area contributed by atoms with Gasteiger partial charge in [-0.3, -0.25) is 14.9 Å². The number of fused-ring (bicyclic) bond motifs is 2. The van der Waals surface area contributed by atoms with Gasteiger partial charge in [0.25, 0.3) is 5.69 Å². The van der Waals surface area contributed by atoms with Gasteiger partial charge in [0.15, 0.2) is 17.0 Å². The summed E-state index contributed by atoms with van der Waals surface area (Å²) in [5.74, 6) is 0.802. The van der Waals surface area contributed by atoms with Crippen molar-refractivity contribution in [3.63, 3.8) is 0 Å². The van der Waals surface area contributed by atoms with Crippen molar-refractivity contribution in [1.29, 1.82) is 5.26 Å². The van der Waals surface area contributed by atoms with Gasteiger partial charge in [-0.25, -0.2) is 5.01 Å². The molecule has 0 spiro atoms. The van der Waals surface area contributed by atoms with Crippen LogP contribution in [0, 0.1) is 21.4 Å². The van der Waals surface area contributed by atoms with E-state index in [1.54, 1.807) is 38.1 Å². The molecule has 1 unspecified atom stereocenters. The lowest BCUT2D eigenvalue weighted by atomic mass is 9.88. The molecule has 0 aromatic heterocycles. The zero-order chi connectivity index (χ0) is 21.5. The summed E-state index contributed by atoms with van der Waals surface area (Å²) < 4.78 is 11.0. The fraction of sp³-hybridized carbons (Fsp3) is 0.286. The maximum Gasteiger partial charge on any atom is 0.269 e. The molecule has 9 heteroatoms. The molecule has 152 valence electrons. The molecule has 1 atom stereocenters. The number of carbonyl (C=O) groups is 1. The molecule has 2 aromatic rings. The van der Waals surface area contributed by atoms with E-state index >= 15 is 0 Å². The number of nitro benzene ring substituents is 1. The van der Waals surface area contributed by atoms with E-state index < -0.39 is 10.5 Å². The van der Waals surface area contributed by atoms with Crippen LogP contribution in [0.15, 0.2) is 41.5 Å². The molecule has 2 aromatic carbocycles. The fourth-order valence-corrected chi connectivity index (χ4v) is 3.58. The Kier molecular flexibility index (Phi) is 4.62. The minimum Gasteiger partial charge on any atom is -0.454 e. The van der Waals surface area contributed by atoms with E-state index in [4.69, 9.17) is 9.47 Å². The first-order valence-corrected chi connectivity index (χ1v) is 9.37. The van der Waals surface area contributed by atoms with Crippen LogP contribution in [0.4, 0.5) is 5.69 Å². The van der Waals surface area contributed by atoms with Crippen molar-refractivity contribution in [2.75, 3.05) is 6.79 Å². The third-order valence-corrected chi connectivity index (χ3v) is 5.19. The number of hydrogen-bond donors (Lipinski definition) is 0. The molecule has 0 saturated heterocycles. The summed E-state index contributed by atoms with van der Waals surface area (Å²) in [7, 11) is 0. The van der Waals surface area contributed by atoms with Crippen molar-refractivity contribution < 1.29 is 19.2 Å². The van der Waals surface area contributed by atoms with Gasteiger partial charge in [0.1, 0.15) is 0 Å². The van der Waals surface area contributed by atoms with Crippen LogP contribution < -0.4 is 9.47 Å². The first-order valence-electron chi connectivity index (χ1n) is 9.37. The third-order valence-electron chi connectivity index (χ3n) is 5.19. The highest BCUT2D eigenvalue weighted by atomic mass is 16.7. The molecule has 0 aliphatic carbocycles. The van der Waals surface area contributed by atoms with E-state index in [1.807, 2.05) is 0 Å². The average Bonchev–Trinajstić information content (AvgIpc) is 3.16. The van der Waals surface area contributed by atoms with Gasteiger partial charge in [-0.1, -0.05) is 6.92 Å². The van der Waals surface area contributed by atoms with Crippen LogP contribution in [-0.4, -0.2) is 33.9 Å². The van der Waals surface area contributed by atoms with Gasteiger partial charge >= 0.3 is 0 Å². The lowest BCUT2D eigenvalue weighted by molar-refractivity contribution is -0.384. The van der Waals surface area contributed by atoms with E-state index in [0.717, 1.165) is 5.56 Å². The number of amides is 1. The van der Waals surface area contributed by atoms with Crippen LogP contribution in [0.25, 0.3) is 0 Å². The molecule has 2 aliphatic heterocycles. The van der Waals surface area contributed by atoms with Crippen LogP contribution in [-0.2, 0) is 11.2 Å². The number of benzene rings is 2. The summed E-state index contributed by atoms with van der Waals surface area (Å²) >= 11 is 0. The molecule has 4 rings (SSSR count). The largest absolute Gasteiger partial charge is 0.454 e. The smallest absolute Gasteiger partial charge is 0.269 e. The Balaban J connectivity index is 1.95. The molecule has 0 fully saturated rings. The normalized spacial score (nSPS) is 19.4. The molecule has 0 radical (unpaired) electrons. The molecule has 0 saturated carbocycles. The van der Waals surface area contributed by atoms with Crippen LogP contribution in [0.5, 0.6) is 11.5 Å². The van der Waals surface area contributed by atoms with Crippen molar-refractivity contribution in [2.24, 2.45) is 5.10 Å². The monoisotopic (exact) mass is 406 g/mol. The number of nitrogens with zero attached hydrogens (tertiary/aromatic N) is 4. The zero-order valence-electron chi connectivity index (χ0n) is 16.4. The van der Waals surface area contributed by atoms with Gasteiger partial charge in [-0.05, 0) is 36.8 Å². The number of ether oxygens (including phenoxy) is 2. The lowest BCUT2D eigenvalue weighted by Gasteiger charge is -2.30. The minimum atomic E-state index is -1.21. The molecule has 30 heavy (non-hydrogen) atoms. The van der Waals surface area contributed by atoms with Crippen LogP contribution in [0.1, 0.15) is 37.0 Å². The van der Waals surface area contributed by atoms with Gasteiger partial charge in [0.2, 0.25) is 12.7 Å². The number of rotatable bonds is 3. The second-order valence-corrected chi connectivity index (χ2v) is 7.24. The highest BCUT2D eigenvalue weighted by Crippen LogP contribution is 2.39. The van der Waals surface area contributed by atoms with Gasteiger partial charge in [-0.15, -0.1) is 0 Å². The summed E-state index contributed by atoms with van der Waals surface area (Å²) in [5.41, 5.74) is 1.20. The molecule has 1 amide bonds. The van der Waals surface area contributed by atoms with E-state index in [9.17, 15) is 20.2 Å². The minimum absolute atomic E-state index is 0.0535. The number of hydrazone groups is 1. The summed E-state index contributed by atoms with van der Waals surface area (Å²) in [5, 5.41) is 26.8. The third kappa shape index (κ3) is 3.12. The number of nitriles is 1. The maximum atomic E-state index is 12.7. The molecule has 9 nitrogen and oxygen atoms in total. The maximum absolute atomic E-state index is 12.7. The van der Waals surface area contributed by atoms with Gasteiger partial charge in [-0.2, -0.15) is 10.4 Å². The first kappa shape index (κ1) is 19.4. The number of carbonyl (C=O) groups excluding carboxylic acids is 1. The summed E-state index contributed by atoms with van der Waals surface area (Å²) in [4.78, 5) is 23.2. The number of nitro groups is 1. The van der Waals surface area contributed by atoms with Crippen LogP contribution in [0.3, 0.4) is 0 Å². The van der Waals surface area contributed by atoms with Gasteiger partial charge in [0.05, 0.1) is 16.7 Å². The average molecular weight is 406 g/mol. The molecular weight excluding hydrogens is 388 g/mol. The van der Waals surface area contributed by atoms with Crippen LogP contribution in [0.2, 0.25) is 0 Å². The SMILES string of the molecule is CCC(=O)N1N=C(c2ccc([N+](=O)[O-])cc2)c2cc3c(cc2CC1(C)C#N)OCO3. The number of hydrogen-bond acceptors (Lipinski definition) is 7. The van der Waals surface area contributed by atoms with Crippen LogP contribution >= 0.6 is 0 Å². The first-order chi connectivity index (χ1) is 14.4. The Morgan fingerprint density at radius 3 is 2.57 bits per heavy atom. The van der Waals surface area contributed by atoms with E-state index in [0.29, 0.717) is 28.3 Å². The molecule has 0 N–H and O–H groups in total. The predicted molar refractivity (Wildman–Crippen MR) is 106 cm³/mol. The summed E-state index contributed by atoms with van der Waals surface area (Å²) in [6.07, 6.45) is 0.411. The molecule has 2 aliphatic rings. The quantitative estimate of drug-likeness (QED) is 0.571. The van der Waals surface area contributed by atoms with E-state index in [1.165, 1.54) is 17.1 Å². The Morgan fingerprint density at radius 2 is 1.97 bits per heavy atom. The van der Waals surface area contributed by atoms with Crippen molar-refractivity contribution >= 4 is 17.3 Å². The van der Waals surface area contributed by atoms with Crippen molar-refractivity contribution in [2.45, 2.75) is 32.2 Å². The van der Waals surface area contributed by atoms with Crippen molar-refractivity contribution in [3.05, 3.63) is 63.2 Å². The second-order valence-electron chi connectivity index (χ2n) is 7.24. The van der Waals surface area contributed by atoms with E-state index in [-0.39, 0.29) is 31.2 Å². The zero-order valence-corrected chi connectivity index (χ0v) is 16.4. The Bertz CT molecular complexity index is 1120. The standard InChI is InChI=1S/C21H18N4O5/c1-3-19(26)24-21(2,11-22)10-14-8-17-18(30-12-29-17)9-16(14)20(23-24)13-4-6-15(7-5-13)25(27)28/h4-9H,3,10,12H2,1-2H3. The molecule has 0 bridgehead atoms. The lowest BCUT2D eigenvalue weighted by Crippen LogP contribution is -2.46.